The lowest BCUT2D eigenvalue weighted by Gasteiger charge is -2.35. The van der Waals surface area contributed by atoms with Crippen LogP contribution in [0.2, 0.25) is 0 Å². The van der Waals surface area contributed by atoms with Gasteiger partial charge in [0.1, 0.15) is 11.7 Å². The molecule has 0 spiro atoms. The molecule has 0 bridgehead atoms. The van der Waals surface area contributed by atoms with Crippen LogP contribution in [0.4, 0.5) is 4.79 Å². The molecule has 10 nitrogen and oxygen atoms in total. The van der Waals surface area contributed by atoms with Crippen molar-refractivity contribution in [2.24, 2.45) is 0 Å². The van der Waals surface area contributed by atoms with E-state index in [0.717, 1.165) is 15.4 Å². The molecule has 1 fully saturated rings. The van der Waals surface area contributed by atoms with E-state index < -0.39 is 29.9 Å². The molecule has 0 saturated carbocycles. The summed E-state index contributed by atoms with van der Waals surface area (Å²) in [6.07, 6.45) is -0.822. The summed E-state index contributed by atoms with van der Waals surface area (Å²) in [6, 6.07) is 21.7. The zero-order valence-corrected chi connectivity index (χ0v) is 23.5. The van der Waals surface area contributed by atoms with E-state index in [2.05, 4.69) is 10.3 Å². The molecule has 1 aromatic heterocycles. The number of rotatable bonds is 10. The number of aromatic nitrogens is 1. The number of carbonyl (C=O) groups is 4. The third-order valence-electron chi connectivity index (χ3n) is 6.45. The van der Waals surface area contributed by atoms with Crippen LogP contribution >= 0.6 is 11.8 Å². The molecule has 3 aromatic rings. The fourth-order valence-corrected chi connectivity index (χ4v) is 5.27. The molecule has 4 rings (SSSR count). The highest BCUT2D eigenvalue weighted by atomic mass is 32.2. The van der Waals surface area contributed by atoms with Crippen LogP contribution < -0.4 is 5.32 Å². The Morgan fingerprint density at radius 2 is 1.56 bits per heavy atom. The van der Waals surface area contributed by atoms with Crippen LogP contribution in [0.3, 0.4) is 0 Å². The van der Waals surface area contributed by atoms with Crippen molar-refractivity contribution in [2.75, 3.05) is 32.8 Å². The number of pyridine rings is 1. The molecule has 3 amide bonds. The number of piperazine rings is 1. The lowest BCUT2D eigenvalue weighted by Crippen LogP contribution is -2.56. The van der Waals surface area contributed by atoms with Crippen molar-refractivity contribution in [1.29, 1.82) is 0 Å². The van der Waals surface area contributed by atoms with E-state index in [4.69, 9.17) is 4.74 Å². The topological polar surface area (TPSA) is 129 Å². The first-order valence-corrected chi connectivity index (χ1v) is 14.2. The van der Waals surface area contributed by atoms with Crippen LogP contribution in [0.25, 0.3) is 11.3 Å². The van der Waals surface area contributed by atoms with E-state index in [0.29, 0.717) is 5.69 Å². The van der Waals surface area contributed by atoms with Crippen molar-refractivity contribution in [3.8, 4) is 11.3 Å². The zero-order chi connectivity index (χ0) is 29.2. The molecular formula is C30H32N4O6S. The van der Waals surface area contributed by atoms with Gasteiger partial charge in [0.05, 0.1) is 12.3 Å². The monoisotopic (exact) mass is 576 g/mol. The summed E-state index contributed by atoms with van der Waals surface area (Å²) in [5, 5.41) is 12.0. The van der Waals surface area contributed by atoms with Gasteiger partial charge in [0.15, 0.2) is 0 Å². The molecule has 2 heterocycles. The summed E-state index contributed by atoms with van der Waals surface area (Å²) < 4.78 is 5.03. The Bertz CT molecular complexity index is 1360. The molecule has 0 unspecified atom stereocenters. The summed E-state index contributed by atoms with van der Waals surface area (Å²) in [6.45, 7) is 3.04. The SMILES string of the molecule is CCOC(=O)N1CCN(C(=O)[C@H](CCC(=O)O)NC(=O)c2cc(Sc3ccccc3)cc(-c3ccccc3)n2)CC1. The number of aliphatic carboxylic acids is 1. The van der Waals surface area contributed by atoms with E-state index in [1.165, 1.54) is 21.6 Å². The molecule has 214 valence electrons. The predicted molar refractivity (Wildman–Crippen MR) is 154 cm³/mol. The summed E-state index contributed by atoms with van der Waals surface area (Å²) in [5.74, 6) is -2.05. The van der Waals surface area contributed by atoms with Gasteiger partial charge in [0, 0.05) is 48.0 Å². The van der Waals surface area contributed by atoms with Crippen molar-refractivity contribution in [3.63, 3.8) is 0 Å². The number of carbonyl (C=O) groups excluding carboxylic acids is 3. The lowest BCUT2D eigenvalue weighted by molar-refractivity contribution is -0.138. The van der Waals surface area contributed by atoms with Gasteiger partial charge in [-0.25, -0.2) is 9.78 Å². The van der Waals surface area contributed by atoms with E-state index >= 15 is 0 Å². The summed E-state index contributed by atoms with van der Waals surface area (Å²) in [7, 11) is 0. The lowest BCUT2D eigenvalue weighted by atomic mass is 10.1. The Balaban J connectivity index is 1.55. The van der Waals surface area contributed by atoms with Gasteiger partial charge in [-0.2, -0.15) is 0 Å². The van der Waals surface area contributed by atoms with Crippen LogP contribution in [0.5, 0.6) is 0 Å². The molecule has 41 heavy (non-hydrogen) atoms. The van der Waals surface area contributed by atoms with Gasteiger partial charge in [-0.05, 0) is 37.6 Å². The molecule has 2 aromatic carbocycles. The number of benzene rings is 2. The number of hydrogen-bond donors (Lipinski definition) is 2. The Hall–Kier alpha value is -4.38. The first-order chi connectivity index (χ1) is 19.8. The standard InChI is InChI=1S/C30H32N4O6S/c1-2-40-30(39)34-17-15-33(16-18-34)29(38)24(13-14-27(35)36)32-28(37)26-20-23(41-22-11-7-4-8-12-22)19-25(31-26)21-9-5-3-6-10-21/h3-12,19-20,24H,2,13-18H2,1H3,(H,32,37)(H,35,36)/t24-/m0/s1. The van der Waals surface area contributed by atoms with Gasteiger partial charge in [-0.3, -0.25) is 14.4 Å². The van der Waals surface area contributed by atoms with E-state index in [-0.39, 0.29) is 51.3 Å². The van der Waals surface area contributed by atoms with Crippen LogP contribution in [0, 0.1) is 0 Å². The number of nitrogens with zero attached hydrogens (tertiary/aromatic N) is 3. The molecule has 0 aliphatic carbocycles. The minimum atomic E-state index is -1.07. The van der Waals surface area contributed by atoms with Gasteiger partial charge in [-0.1, -0.05) is 60.3 Å². The molecule has 1 saturated heterocycles. The molecule has 1 aliphatic heterocycles. The van der Waals surface area contributed by atoms with Crippen LogP contribution in [-0.2, 0) is 14.3 Å². The molecule has 1 aliphatic rings. The Morgan fingerprint density at radius 1 is 0.927 bits per heavy atom. The van der Waals surface area contributed by atoms with Crippen LogP contribution in [-0.4, -0.2) is 82.6 Å². The summed E-state index contributed by atoms with van der Waals surface area (Å²) in [5.41, 5.74) is 1.54. The summed E-state index contributed by atoms with van der Waals surface area (Å²) in [4.78, 5) is 59.7. The maximum atomic E-state index is 13.5. The van der Waals surface area contributed by atoms with Crippen molar-refractivity contribution in [3.05, 3.63) is 78.5 Å². The van der Waals surface area contributed by atoms with Crippen molar-refractivity contribution in [1.82, 2.24) is 20.1 Å². The van der Waals surface area contributed by atoms with Gasteiger partial charge in [0.25, 0.3) is 5.91 Å². The van der Waals surface area contributed by atoms with Crippen LogP contribution in [0.15, 0.2) is 82.6 Å². The van der Waals surface area contributed by atoms with E-state index in [1.807, 2.05) is 66.7 Å². The summed E-state index contributed by atoms with van der Waals surface area (Å²) >= 11 is 1.48. The maximum absolute atomic E-state index is 13.5. The first-order valence-electron chi connectivity index (χ1n) is 13.4. The molecule has 1 atom stereocenters. The van der Waals surface area contributed by atoms with E-state index in [9.17, 15) is 24.3 Å². The average Bonchev–Trinajstić information content (AvgIpc) is 2.99. The normalized spacial score (nSPS) is 13.8. The highest BCUT2D eigenvalue weighted by molar-refractivity contribution is 7.99. The van der Waals surface area contributed by atoms with Crippen LogP contribution in [0.1, 0.15) is 30.3 Å². The third-order valence-corrected chi connectivity index (χ3v) is 7.43. The fourth-order valence-electron chi connectivity index (χ4n) is 4.36. The highest BCUT2D eigenvalue weighted by Crippen LogP contribution is 2.31. The smallest absolute Gasteiger partial charge is 0.409 e. The largest absolute Gasteiger partial charge is 0.481 e. The predicted octanol–water partition coefficient (Wildman–Crippen LogP) is 4.16. The van der Waals surface area contributed by atoms with Gasteiger partial charge >= 0.3 is 12.1 Å². The van der Waals surface area contributed by atoms with Gasteiger partial charge in [0.2, 0.25) is 5.91 Å². The average molecular weight is 577 g/mol. The third kappa shape index (κ3) is 8.31. The minimum Gasteiger partial charge on any atom is -0.481 e. The highest BCUT2D eigenvalue weighted by Gasteiger charge is 2.31. The molecule has 0 radical (unpaired) electrons. The Morgan fingerprint density at radius 3 is 2.20 bits per heavy atom. The van der Waals surface area contributed by atoms with Crippen molar-refractivity contribution >= 4 is 35.6 Å². The second-order valence-electron chi connectivity index (χ2n) is 9.32. The molecule has 11 heteroatoms. The number of nitrogens with one attached hydrogen (secondary N) is 1. The molecule has 2 N–H and O–H groups in total. The van der Waals surface area contributed by atoms with Gasteiger partial charge in [-0.15, -0.1) is 0 Å². The Labute approximate surface area is 242 Å². The van der Waals surface area contributed by atoms with Crippen molar-refractivity contribution in [2.45, 2.75) is 35.6 Å². The maximum Gasteiger partial charge on any atom is 0.409 e. The quantitative estimate of drug-likeness (QED) is 0.368. The Kier molecular flexibility index (Phi) is 10.3. The number of amides is 3. The van der Waals surface area contributed by atoms with Gasteiger partial charge < -0.3 is 25.0 Å². The second-order valence-corrected chi connectivity index (χ2v) is 10.5. The zero-order valence-electron chi connectivity index (χ0n) is 22.7. The van der Waals surface area contributed by atoms with Crippen molar-refractivity contribution < 1.29 is 29.0 Å². The molecular weight excluding hydrogens is 544 g/mol. The number of carboxylic acids is 1. The minimum absolute atomic E-state index is 0.0814. The second kappa shape index (κ2) is 14.3. The fraction of sp³-hybridized carbons (Fsp3) is 0.300. The van der Waals surface area contributed by atoms with E-state index in [1.54, 1.807) is 13.0 Å². The number of carboxylic acid groups (broad SMARTS) is 1. The first kappa shape index (κ1) is 29.6. The number of hydrogen-bond acceptors (Lipinski definition) is 7. The number of ether oxygens (including phenoxy) is 1.